The average molecular weight is 384 g/mol. The standard InChI is InChI=1S/C20H24N4O4/c1-23(12-15-9-21-6-7-28-15)10-13-2-3-16-14(8-13)11-24(20(16)27)17-4-5-18(25)22-19(17)26/h2-3,8-9,17,21H,4-7,10-12H2,1H3,(H,22,25,26). The predicted molar refractivity (Wildman–Crippen MR) is 101 cm³/mol. The summed E-state index contributed by atoms with van der Waals surface area (Å²) in [5.74, 6) is 0.111. The topological polar surface area (TPSA) is 91.0 Å². The smallest absolute Gasteiger partial charge is 0.255 e. The van der Waals surface area contributed by atoms with E-state index in [1.807, 2.05) is 31.4 Å². The number of rotatable bonds is 5. The fourth-order valence-corrected chi connectivity index (χ4v) is 3.92. The van der Waals surface area contributed by atoms with Crippen molar-refractivity contribution in [2.75, 3.05) is 26.7 Å². The number of hydrogen-bond acceptors (Lipinski definition) is 6. The van der Waals surface area contributed by atoms with Crippen LogP contribution in [0.2, 0.25) is 0 Å². The molecule has 3 aliphatic rings. The van der Waals surface area contributed by atoms with Crippen LogP contribution in [-0.4, -0.2) is 60.3 Å². The van der Waals surface area contributed by atoms with E-state index in [-0.39, 0.29) is 24.1 Å². The molecule has 3 amide bonds. The number of hydrogen-bond donors (Lipinski definition) is 2. The number of piperidine rings is 1. The molecule has 0 aliphatic carbocycles. The molecular weight excluding hydrogens is 360 g/mol. The Bertz CT molecular complexity index is 851. The zero-order chi connectivity index (χ0) is 19.7. The monoisotopic (exact) mass is 384 g/mol. The Balaban J connectivity index is 1.42. The van der Waals surface area contributed by atoms with Crippen molar-refractivity contribution in [1.82, 2.24) is 20.4 Å². The third-order valence-corrected chi connectivity index (χ3v) is 5.26. The lowest BCUT2D eigenvalue weighted by Crippen LogP contribution is -2.52. The zero-order valence-electron chi connectivity index (χ0n) is 15.9. The Kier molecular flexibility index (Phi) is 5.04. The van der Waals surface area contributed by atoms with Gasteiger partial charge in [-0.15, -0.1) is 0 Å². The fraction of sp³-hybridized carbons (Fsp3) is 0.450. The number of carbonyl (C=O) groups excluding carboxylic acids is 3. The van der Waals surface area contributed by atoms with E-state index in [4.69, 9.17) is 4.74 Å². The van der Waals surface area contributed by atoms with Crippen LogP contribution in [0.5, 0.6) is 0 Å². The number of imide groups is 1. The van der Waals surface area contributed by atoms with Crippen molar-refractivity contribution in [3.05, 3.63) is 46.8 Å². The number of nitrogens with one attached hydrogen (secondary N) is 2. The molecule has 2 N–H and O–H groups in total. The van der Waals surface area contributed by atoms with Crippen LogP contribution in [0.4, 0.5) is 0 Å². The number of amides is 3. The van der Waals surface area contributed by atoms with Crippen LogP contribution >= 0.6 is 0 Å². The van der Waals surface area contributed by atoms with Gasteiger partial charge in [-0.1, -0.05) is 12.1 Å². The molecule has 1 fully saturated rings. The largest absolute Gasteiger partial charge is 0.493 e. The summed E-state index contributed by atoms with van der Waals surface area (Å²) in [6, 6.07) is 5.25. The minimum absolute atomic E-state index is 0.142. The van der Waals surface area contributed by atoms with E-state index in [9.17, 15) is 14.4 Å². The summed E-state index contributed by atoms with van der Waals surface area (Å²) < 4.78 is 5.62. The first kappa shape index (κ1) is 18.5. The number of ether oxygens (including phenoxy) is 1. The highest BCUT2D eigenvalue weighted by Gasteiger charge is 2.39. The number of nitrogens with zero attached hydrogens (tertiary/aromatic N) is 2. The second-order valence-electron chi connectivity index (χ2n) is 7.48. The normalized spacial score (nSPS) is 21.8. The third-order valence-electron chi connectivity index (χ3n) is 5.26. The molecule has 3 aliphatic heterocycles. The van der Waals surface area contributed by atoms with Crippen molar-refractivity contribution in [2.45, 2.75) is 32.0 Å². The predicted octanol–water partition coefficient (Wildman–Crippen LogP) is 0.341. The molecule has 0 radical (unpaired) electrons. The molecule has 1 saturated heterocycles. The van der Waals surface area contributed by atoms with Crippen molar-refractivity contribution < 1.29 is 19.1 Å². The highest BCUT2D eigenvalue weighted by molar-refractivity contribution is 6.05. The molecule has 1 unspecified atom stereocenters. The molecule has 148 valence electrons. The van der Waals surface area contributed by atoms with Crippen molar-refractivity contribution in [2.24, 2.45) is 0 Å². The van der Waals surface area contributed by atoms with Crippen molar-refractivity contribution in [3.63, 3.8) is 0 Å². The summed E-state index contributed by atoms with van der Waals surface area (Å²) in [6.07, 6.45) is 2.54. The fourth-order valence-electron chi connectivity index (χ4n) is 3.92. The summed E-state index contributed by atoms with van der Waals surface area (Å²) in [5, 5.41) is 5.50. The second kappa shape index (κ2) is 7.63. The molecular formula is C20H24N4O4. The second-order valence-corrected chi connectivity index (χ2v) is 7.48. The van der Waals surface area contributed by atoms with Crippen molar-refractivity contribution in [1.29, 1.82) is 0 Å². The Labute approximate surface area is 163 Å². The van der Waals surface area contributed by atoms with E-state index in [0.29, 0.717) is 31.7 Å². The molecule has 0 bridgehead atoms. The Morgan fingerprint density at radius 3 is 2.86 bits per heavy atom. The van der Waals surface area contributed by atoms with Gasteiger partial charge in [-0.05, 0) is 30.7 Å². The van der Waals surface area contributed by atoms with Crippen molar-refractivity contribution in [3.8, 4) is 0 Å². The van der Waals surface area contributed by atoms with Gasteiger partial charge in [0.15, 0.2) is 0 Å². The van der Waals surface area contributed by atoms with E-state index in [1.165, 1.54) is 0 Å². The van der Waals surface area contributed by atoms with Crippen LogP contribution in [0.15, 0.2) is 30.2 Å². The minimum Gasteiger partial charge on any atom is -0.493 e. The Morgan fingerprint density at radius 1 is 1.25 bits per heavy atom. The lowest BCUT2D eigenvalue weighted by Gasteiger charge is -2.29. The number of benzene rings is 1. The van der Waals surface area contributed by atoms with Gasteiger partial charge >= 0.3 is 0 Å². The average Bonchev–Trinajstić information content (AvgIpc) is 2.98. The van der Waals surface area contributed by atoms with Gasteiger partial charge in [-0.2, -0.15) is 0 Å². The SMILES string of the molecule is CN(CC1=CNCCO1)Cc1ccc2c(c1)CN(C1CCC(=O)NC1=O)C2=O. The van der Waals surface area contributed by atoms with E-state index < -0.39 is 6.04 Å². The summed E-state index contributed by atoms with van der Waals surface area (Å²) in [6.45, 7) is 3.33. The molecule has 0 saturated carbocycles. The molecule has 28 heavy (non-hydrogen) atoms. The Morgan fingerprint density at radius 2 is 2.11 bits per heavy atom. The van der Waals surface area contributed by atoms with Gasteiger partial charge in [0.1, 0.15) is 18.4 Å². The van der Waals surface area contributed by atoms with Crippen LogP contribution in [0.1, 0.15) is 34.3 Å². The van der Waals surface area contributed by atoms with Gasteiger partial charge in [0, 0.05) is 37.8 Å². The maximum Gasteiger partial charge on any atom is 0.255 e. The van der Waals surface area contributed by atoms with Crippen LogP contribution < -0.4 is 10.6 Å². The third kappa shape index (κ3) is 3.73. The van der Waals surface area contributed by atoms with E-state index in [2.05, 4.69) is 15.5 Å². The first-order valence-electron chi connectivity index (χ1n) is 9.51. The highest BCUT2D eigenvalue weighted by atomic mass is 16.5. The number of carbonyl (C=O) groups is 3. The Hall–Kier alpha value is -2.87. The molecule has 0 spiro atoms. The summed E-state index contributed by atoms with van der Waals surface area (Å²) >= 11 is 0. The van der Waals surface area contributed by atoms with Crippen LogP contribution in [0.25, 0.3) is 0 Å². The zero-order valence-corrected chi connectivity index (χ0v) is 15.9. The van der Waals surface area contributed by atoms with Gasteiger partial charge in [-0.3, -0.25) is 24.6 Å². The van der Waals surface area contributed by atoms with E-state index >= 15 is 0 Å². The molecule has 4 rings (SSSR count). The lowest BCUT2D eigenvalue weighted by atomic mass is 10.0. The van der Waals surface area contributed by atoms with Gasteiger partial charge < -0.3 is 15.0 Å². The van der Waals surface area contributed by atoms with Gasteiger partial charge in [0.05, 0.1) is 6.54 Å². The number of likely N-dealkylation sites (N-methyl/N-ethyl adjacent to an activating group) is 1. The molecule has 0 aromatic heterocycles. The van der Waals surface area contributed by atoms with Crippen LogP contribution in [0.3, 0.4) is 0 Å². The number of fused-ring (bicyclic) bond motifs is 1. The molecule has 1 aromatic carbocycles. The summed E-state index contributed by atoms with van der Waals surface area (Å²) in [7, 11) is 2.02. The summed E-state index contributed by atoms with van der Waals surface area (Å²) in [4.78, 5) is 40.0. The molecule has 1 aromatic rings. The van der Waals surface area contributed by atoms with Gasteiger partial charge in [0.2, 0.25) is 11.8 Å². The van der Waals surface area contributed by atoms with Crippen LogP contribution in [-0.2, 0) is 27.4 Å². The highest BCUT2D eigenvalue weighted by Crippen LogP contribution is 2.28. The first-order valence-corrected chi connectivity index (χ1v) is 9.51. The maximum absolute atomic E-state index is 12.7. The van der Waals surface area contributed by atoms with Crippen LogP contribution in [0, 0.1) is 0 Å². The maximum atomic E-state index is 12.7. The van der Waals surface area contributed by atoms with E-state index in [1.54, 1.807) is 4.90 Å². The van der Waals surface area contributed by atoms with Crippen molar-refractivity contribution >= 4 is 17.7 Å². The quantitative estimate of drug-likeness (QED) is 0.712. The molecule has 8 heteroatoms. The van der Waals surface area contributed by atoms with Gasteiger partial charge in [-0.25, -0.2) is 0 Å². The first-order chi connectivity index (χ1) is 13.5. The molecule has 1 atom stereocenters. The minimum atomic E-state index is -0.577. The molecule has 8 nitrogen and oxygen atoms in total. The summed E-state index contributed by atoms with van der Waals surface area (Å²) in [5.41, 5.74) is 2.66. The lowest BCUT2D eigenvalue weighted by molar-refractivity contribution is -0.136. The van der Waals surface area contributed by atoms with E-state index in [0.717, 1.165) is 30.0 Å². The van der Waals surface area contributed by atoms with Gasteiger partial charge in [0.25, 0.3) is 5.91 Å². The molecule has 3 heterocycles.